The Morgan fingerprint density at radius 1 is 0.375 bits per heavy atom. The first-order chi connectivity index (χ1) is 0. The molecule has 0 aromatic carbocycles. The van der Waals surface area contributed by atoms with E-state index in [0.29, 0.717) is 0 Å². The number of rotatable bonds is 0. The topological polar surface area (TPSA) is 0 Å². The van der Waals surface area contributed by atoms with E-state index in [1.807, 2.05) is 0 Å². The fraction of sp³-hybridized carbons (Fsp3) is 0. The minimum absolute atomic E-state index is 0. The molecule has 0 nitrogen and oxygen atoms in total. The van der Waals surface area contributed by atoms with Crippen LogP contribution in [0.4, 0.5) is 0 Å². The second kappa shape index (κ2) is 71.7. The summed E-state index contributed by atoms with van der Waals surface area (Å²) in [6.07, 6.45) is 0. The molecule has 81 valence electrons. The molecule has 0 spiro atoms. The molecule has 0 aromatic rings. The van der Waals surface area contributed by atoms with E-state index in [1.165, 1.54) is 0 Å². The molecule has 0 unspecified atom stereocenters. The Balaban J connectivity index is 0. The predicted molar refractivity (Wildman–Crippen MR) is 7.98 cm³/mol. The van der Waals surface area contributed by atoms with E-state index in [4.69, 9.17) is 0 Å². The molecule has 0 aliphatic heterocycles. The molecule has 0 N–H and O–H groups in total. The van der Waals surface area contributed by atoms with E-state index in [2.05, 4.69) is 0 Å². The molecule has 8 heavy (non-hydrogen) atoms. The minimum atomic E-state index is 0. The Kier molecular flexibility index (Phi) is 854. The minimum Gasteiger partial charge on any atom is -1.00 e. The third-order valence-electron chi connectivity index (χ3n) is 0. The summed E-state index contributed by atoms with van der Waals surface area (Å²) in [6.45, 7) is 0. The normalized spacial score (nSPS) is 0. The van der Waals surface area contributed by atoms with Crippen LogP contribution in [0.1, 0.15) is 2.85 Å². The van der Waals surface area contributed by atoms with Gasteiger partial charge >= 0.3 is 10.1 Å². The predicted octanol–water partition coefficient (Wildman–Crippen LogP) is -0.173. The molecule has 0 saturated heterocycles. The van der Waals surface area contributed by atoms with Crippen LogP contribution in [0.3, 0.4) is 0 Å². The van der Waals surface area contributed by atoms with Gasteiger partial charge in [-0.05, 0) is 0 Å². The van der Waals surface area contributed by atoms with Gasteiger partial charge in [0.15, 0.2) is 0 Å². The fourth-order valence-electron chi connectivity index (χ4n) is 0. The maximum Gasteiger partial charge on any atom is 2.00 e. The van der Waals surface area contributed by atoms with Gasteiger partial charge in [0, 0.05) is 119 Å². The number of hydrogen-bond donors (Lipinski definition) is 0. The van der Waals surface area contributed by atoms with Crippen LogP contribution in [0.2, 0.25) is 0 Å². The molecule has 0 rings (SSSR count). The first-order valence-corrected chi connectivity index (χ1v) is 0. The average Bonchev–Trinajstić information content (AvgIpc) is 0. The smallest absolute Gasteiger partial charge is 1.00 e. The second-order valence-electron chi connectivity index (χ2n) is 0. The van der Waals surface area contributed by atoms with Gasteiger partial charge in [0.2, 0.25) is 0 Å². The molecule has 0 aromatic heterocycles. The zero-order valence-electron chi connectivity index (χ0n) is 4.82. The van der Waals surface area contributed by atoms with Gasteiger partial charge < -0.3 is 2.85 Å². The van der Waals surface area contributed by atoms with Crippen molar-refractivity contribution in [1.29, 1.82) is 0 Å². The monoisotopic (exact) mass is 452 g/mol. The summed E-state index contributed by atoms with van der Waals surface area (Å²) < 4.78 is 0. The molecule has 0 fully saturated rings. The Hall–Kier alpha value is 3.81. The van der Waals surface area contributed by atoms with Gasteiger partial charge in [0.05, 0.1) is 0 Å². The van der Waals surface area contributed by atoms with Crippen molar-refractivity contribution >= 4 is 10.1 Å². The van der Waals surface area contributed by atoms with Crippen LogP contribution in [0, 0.1) is 0 Å². The largest absolute Gasteiger partial charge is 2.00 e. The Morgan fingerprint density at radius 2 is 0.375 bits per heavy atom. The first kappa shape index (κ1) is 95.2. The molecule has 0 saturated carbocycles. The number of hydrogen-bond acceptors (Lipinski definition) is 0. The summed E-state index contributed by atoms with van der Waals surface area (Å²) in [5.41, 5.74) is 0. The summed E-state index contributed by atoms with van der Waals surface area (Å²) in [6, 6.07) is 0. The van der Waals surface area contributed by atoms with E-state index in [0.717, 1.165) is 0 Å². The molecule has 0 aliphatic rings. The molecule has 0 aliphatic carbocycles. The van der Waals surface area contributed by atoms with Crippen molar-refractivity contribution in [2.45, 2.75) is 0 Å². The summed E-state index contributed by atoms with van der Waals surface area (Å²) in [7, 11) is 0. The standard InChI is InChI=1S/Be.7Cu.2H/q+2;;;;;;;;2*-1. The van der Waals surface area contributed by atoms with Gasteiger partial charge in [-0.3, -0.25) is 0 Å². The van der Waals surface area contributed by atoms with Crippen molar-refractivity contribution in [3.63, 3.8) is 0 Å². The molecule has 0 amide bonds. The second-order valence-corrected chi connectivity index (χ2v) is 0. The Labute approximate surface area is 130 Å². The molecular formula is H2BeCu7. The van der Waals surface area contributed by atoms with Crippen molar-refractivity contribution in [3.8, 4) is 0 Å². The van der Waals surface area contributed by atoms with Gasteiger partial charge in [-0.25, -0.2) is 0 Å². The van der Waals surface area contributed by atoms with Crippen LogP contribution in [-0.4, -0.2) is 10.1 Å². The van der Waals surface area contributed by atoms with Gasteiger partial charge in [-0.1, -0.05) is 0 Å². The van der Waals surface area contributed by atoms with Gasteiger partial charge in [0.1, 0.15) is 0 Å². The van der Waals surface area contributed by atoms with Crippen LogP contribution >= 0.6 is 0 Å². The molecule has 8 heteroatoms. The third kappa shape index (κ3) is 52.5. The van der Waals surface area contributed by atoms with Crippen LogP contribution in [0.5, 0.6) is 0 Å². The third-order valence-corrected chi connectivity index (χ3v) is 0. The van der Waals surface area contributed by atoms with Gasteiger partial charge in [-0.15, -0.1) is 0 Å². The zero-order chi connectivity index (χ0) is 0. The van der Waals surface area contributed by atoms with Crippen LogP contribution in [0.25, 0.3) is 0 Å². The van der Waals surface area contributed by atoms with Crippen molar-refractivity contribution in [2.24, 2.45) is 0 Å². The van der Waals surface area contributed by atoms with E-state index < -0.39 is 0 Å². The maximum absolute atomic E-state index is 0. The molecule has 0 bridgehead atoms. The average molecular weight is 456 g/mol. The first-order valence-electron chi connectivity index (χ1n) is 0. The van der Waals surface area contributed by atoms with Crippen molar-refractivity contribution in [2.75, 3.05) is 0 Å². The Bertz CT molecular complexity index is 11.6. The molecule has 0 atom stereocenters. The van der Waals surface area contributed by atoms with Crippen molar-refractivity contribution in [3.05, 3.63) is 0 Å². The van der Waals surface area contributed by atoms with Crippen LogP contribution in [-0.2, 0) is 119 Å². The maximum atomic E-state index is 0. The summed E-state index contributed by atoms with van der Waals surface area (Å²) >= 11 is 0. The molecular weight excluding hydrogens is 454 g/mol. The molecule has 7 radical (unpaired) electrons. The van der Waals surface area contributed by atoms with Crippen LogP contribution in [0.15, 0.2) is 0 Å². The van der Waals surface area contributed by atoms with Crippen LogP contribution < -0.4 is 0 Å². The van der Waals surface area contributed by atoms with Crippen molar-refractivity contribution < 1.29 is 122 Å². The van der Waals surface area contributed by atoms with E-state index >= 15 is 0 Å². The van der Waals surface area contributed by atoms with E-state index in [1.54, 1.807) is 0 Å². The summed E-state index contributed by atoms with van der Waals surface area (Å²) in [5, 5.41) is 0. The Morgan fingerprint density at radius 3 is 0.375 bits per heavy atom. The van der Waals surface area contributed by atoms with E-state index in [9.17, 15) is 0 Å². The SMILES string of the molecule is [Be+2].[Cu].[Cu].[Cu].[Cu].[Cu].[Cu].[Cu].[H-].[H-]. The quantitative estimate of drug-likeness (QED) is 0.445. The fourth-order valence-corrected chi connectivity index (χ4v) is 0. The van der Waals surface area contributed by atoms with Gasteiger partial charge in [-0.2, -0.15) is 0 Å². The molecule has 0 heterocycles. The van der Waals surface area contributed by atoms with Gasteiger partial charge in [0.25, 0.3) is 0 Å². The zero-order valence-corrected chi connectivity index (χ0v) is 9.41. The summed E-state index contributed by atoms with van der Waals surface area (Å²) in [5.74, 6) is 0. The van der Waals surface area contributed by atoms with E-state index in [-0.39, 0.29) is 132 Å². The summed E-state index contributed by atoms with van der Waals surface area (Å²) in [4.78, 5) is 0. The van der Waals surface area contributed by atoms with Crippen molar-refractivity contribution in [1.82, 2.24) is 0 Å².